The Hall–Kier alpha value is -1.40. The molecule has 0 radical (unpaired) electrons. The zero-order chi connectivity index (χ0) is 12.8. The number of hydrogen-bond donors (Lipinski definition) is 2. The van der Waals surface area contributed by atoms with E-state index in [0.717, 1.165) is 18.9 Å². The Bertz CT molecular complexity index is 395. The van der Waals surface area contributed by atoms with E-state index in [9.17, 15) is 9.18 Å². The SMILES string of the molecule is CCCCOC(=O)c1ccc(B(O)O)cc1F. The van der Waals surface area contributed by atoms with Crippen LogP contribution in [-0.2, 0) is 4.74 Å². The minimum Gasteiger partial charge on any atom is -0.462 e. The summed E-state index contributed by atoms with van der Waals surface area (Å²) < 4.78 is 18.3. The fourth-order valence-electron chi connectivity index (χ4n) is 1.24. The lowest BCUT2D eigenvalue weighted by molar-refractivity contribution is 0.0494. The molecule has 0 saturated heterocycles. The predicted molar refractivity (Wildman–Crippen MR) is 61.4 cm³/mol. The molecule has 0 unspecified atom stereocenters. The Kier molecular flexibility index (Phi) is 5.12. The van der Waals surface area contributed by atoms with Gasteiger partial charge in [0.2, 0.25) is 0 Å². The summed E-state index contributed by atoms with van der Waals surface area (Å²) in [5, 5.41) is 17.6. The Morgan fingerprint density at radius 1 is 1.47 bits per heavy atom. The molecule has 0 saturated carbocycles. The Morgan fingerprint density at radius 2 is 2.18 bits per heavy atom. The van der Waals surface area contributed by atoms with Gasteiger partial charge in [-0.15, -0.1) is 0 Å². The minimum absolute atomic E-state index is 0.00684. The Labute approximate surface area is 99.2 Å². The second-order valence-electron chi connectivity index (χ2n) is 3.60. The van der Waals surface area contributed by atoms with Gasteiger partial charge in [-0.05, 0) is 24.0 Å². The fraction of sp³-hybridized carbons (Fsp3) is 0.364. The molecular weight excluding hydrogens is 226 g/mol. The first-order valence-electron chi connectivity index (χ1n) is 5.39. The summed E-state index contributed by atoms with van der Waals surface area (Å²) in [7, 11) is -1.75. The van der Waals surface area contributed by atoms with E-state index < -0.39 is 18.9 Å². The lowest BCUT2D eigenvalue weighted by atomic mass is 9.80. The van der Waals surface area contributed by atoms with Gasteiger partial charge in [0, 0.05) is 0 Å². The summed E-state index contributed by atoms with van der Waals surface area (Å²) in [4.78, 5) is 11.4. The summed E-state index contributed by atoms with van der Waals surface area (Å²) >= 11 is 0. The highest BCUT2D eigenvalue weighted by atomic mass is 19.1. The van der Waals surface area contributed by atoms with E-state index in [2.05, 4.69) is 0 Å². The van der Waals surface area contributed by atoms with E-state index in [1.54, 1.807) is 0 Å². The molecule has 0 fully saturated rings. The molecule has 0 heterocycles. The third-order valence-corrected chi connectivity index (χ3v) is 2.24. The standard InChI is InChI=1S/C11H14BFO4/c1-2-3-6-17-11(14)9-5-4-8(12(15)16)7-10(9)13/h4-5,7,15-16H,2-3,6H2,1H3. The summed E-state index contributed by atoms with van der Waals surface area (Å²) in [5.74, 6) is -1.56. The molecule has 4 nitrogen and oxygen atoms in total. The molecule has 0 atom stereocenters. The van der Waals surface area contributed by atoms with Gasteiger partial charge in [0.25, 0.3) is 0 Å². The first kappa shape index (κ1) is 13.7. The fourth-order valence-corrected chi connectivity index (χ4v) is 1.24. The van der Waals surface area contributed by atoms with Gasteiger partial charge in [-0.2, -0.15) is 0 Å². The molecule has 0 aliphatic carbocycles. The second-order valence-corrected chi connectivity index (χ2v) is 3.60. The second kappa shape index (κ2) is 6.37. The van der Waals surface area contributed by atoms with Gasteiger partial charge >= 0.3 is 13.1 Å². The number of esters is 1. The van der Waals surface area contributed by atoms with E-state index in [0.29, 0.717) is 0 Å². The van der Waals surface area contributed by atoms with Gasteiger partial charge in [0.1, 0.15) is 5.82 Å². The van der Waals surface area contributed by atoms with Crippen LogP contribution in [0.25, 0.3) is 0 Å². The number of carbonyl (C=O) groups is 1. The molecule has 6 heteroatoms. The van der Waals surface area contributed by atoms with E-state index in [1.165, 1.54) is 12.1 Å². The van der Waals surface area contributed by atoms with Crippen LogP contribution in [0.3, 0.4) is 0 Å². The van der Waals surface area contributed by atoms with E-state index in [1.807, 2.05) is 6.92 Å². The van der Waals surface area contributed by atoms with E-state index in [4.69, 9.17) is 14.8 Å². The average Bonchev–Trinajstić information content (AvgIpc) is 2.28. The Balaban J connectivity index is 2.74. The maximum Gasteiger partial charge on any atom is 0.488 e. The summed E-state index contributed by atoms with van der Waals surface area (Å²) in [6.07, 6.45) is 1.60. The van der Waals surface area contributed by atoms with Crippen molar-refractivity contribution in [1.29, 1.82) is 0 Å². The molecule has 1 aromatic carbocycles. The quantitative estimate of drug-likeness (QED) is 0.445. The highest BCUT2D eigenvalue weighted by Gasteiger charge is 2.17. The number of ether oxygens (including phenoxy) is 1. The van der Waals surface area contributed by atoms with Gasteiger partial charge in [-0.1, -0.05) is 19.4 Å². The van der Waals surface area contributed by atoms with Crippen LogP contribution in [0.1, 0.15) is 30.1 Å². The van der Waals surface area contributed by atoms with Crippen molar-refractivity contribution >= 4 is 18.6 Å². The van der Waals surface area contributed by atoms with Crippen LogP contribution >= 0.6 is 0 Å². The van der Waals surface area contributed by atoms with Crippen LogP contribution in [0, 0.1) is 5.82 Å². The highest BCUT2D eigenvalue weighted by Crippen LogP contribution is 2.07. The maximum absolute atomic E-state index is 13.4. The molecule has 0 aliphatic heterocycles. The van der Waals surface area contributed by atoms with Crippen molar-refractivity contribution in [3.05, 3.63) is 29.6 Å². The van der Waals surface area contributed by atoms with Crippen LogP contribution in [0.2, 0.25) is 0 Å². The van der Waals surface area contributed by atoms with Gasteiger partial charge in [-0.25, -0.2) is 9.18 Å². The van der Waals surface area contributed by atoms with Crippen molar-refractivity contribution in [3.8, 4) is 0 Å². The van der Waals surface area contributed by atoms with Crippen LogP contribution in [-0.4, -0.2) is 29.7 Å². The van der Waals surface area contributed by atoms with Crippen molar-refractivity contribution in [2.45, 2.75) is 19.8 Å². The van der Waals surface area contributed by atoms with Gasteiger partial charge in [0.15, 0.2) is 0 Å². The number of benzene rings is 1. The van der Waals surface area contributed by atoms with Crippen LogP contribution in [0.15, 0.2) is 18.2 Å². The largest absolute Gasteiger partial charge is 0.488 e. The molecule has 0 aliphatic rings. The molecule has 92 valence electrons. The lowest BCUT2D eigenvalue weighted by Gasteiger charge is -2.06. The molecule has 0 bridgehead atoms. The average molecular weight is 240 g/mol. The van der Waals surface area contributed by atoms with E-state index >= 15 is 0 Å². The maximum atomic E-state index is 13.4. The minimum atomic E-state index is -1.75. The molecule has 0 aromatic heterocycles. The third-order valence-electron chi connectivity index (χ3n) is 2.24. The number of hydrogen-bond acceptors (Lipinski definition) is 4. The number of rotatable bonds is 5. The smallest absolute Gasteiger partial charge is 0.462 e. The topological polar surface area (TPSA) is 66.8 Å². The van der Waals surface area contributed by atoms with Crippen LogP contribution < -0.4 is 5.46 Å². The molecule has 1 aromatic rings. The van der Waals surface area contributed by atoms with Gasteiger partial charge in [-0.3, -0.25) is 0 Å². The molecular formula is C11H14BFO4. The van der Waals surface area contributed by atoms with Crippen molar-refractivity contribution in [3.63, 3.8) is 0 Å². The first-order valence-corrected chi connectivity index (χ1v) is 5.39. The highest BCUT2D eigenvalue weighted by molar-refractivity contribution is 6.58. The monoisotopic (exact) mass is 240 g/mol. The van der Waals surface area contributed by atoms with Gasteiger partial charge in [0.05, 0.1) is 12.2 Å². The van der Waals surface area contributed by atoms with Crippen LogP contribution in [0.5, 0.6) is 0 Å². The van der Waals surface area contributed by atoms with Crippen molar-refractivity contribution in [2.75, 3.05) is 6.61 Å². The summed E-state index contributed by atoms with van der Waals surface area (Å²) in [6.45, 7) is 2.20. The number of unbranched alkanes of at least 4 members (excludes halogenated alkanes) is 1. The van der Waals surface area contributed by atoms with Crippen molar-refractivity contribution in [1.82, 2.24) is 0 Å². The predicted octanol–water partition coefficient (Wildman–Crippen LogP) is 0.462. The van der Waals surface area contributed by atoms with Crippen LogP contribution in [0.4, 0.5) is 4.39 Å². The third kappa shape index (κ3) is 3.83. The molecule has 0 spiro atoms. The zero-order valence-electron chi connectivity index (χ0n) is 9.52. The summed E-state index contributed by atoms with van der Waals surface area (Å²) in [6, 6.07) is 3.35. The zero-order valence-corrected chi connectivity index (χ0v) is 9.52. The normalized spacial score (nSPS) is 10.1. The van der Waals surface area contributed by atoms with Crippen molar-refractivity contribution in [2.24, 2.45) is 0 Å². The number of carbonyl (C=O) groups excluding carboxylic acids is 1. The van der Waals surface area contributed by atoms with Crippen molar-refractivity contribution < 1.29 is 24.0 Å². The Morgan fingerprint density at radius 3 is 2.71 bits per heavy atom. The number of halogens is 1. The summed E-state index contributed by atoms with van der Waals surface area (Å²) in [5.41, 5.74) is -0.210. The molecule has 0 amide bonds. The molecule has 2 N–H and O–H groups in total. The first-order chi connectivity index (χ1) is 8.06. The van der Waals surface area contributed by atoms with E-state index in [-0.39, 0.29) is 17.6 Å². The van der Waals surface area contributed by atoms with Gasteiger partial charge < -0.3 is 14.8 Å². The molecule has 1 rings (SSSR count). The molecule has 17 heavy (non-hydrogen) atoms. The lowest BCUT2D eigenvalue weighted by Crippen LogP contribution is -2.30.